The third-order valence-corrected chi connectivity index (χ3v) is 3.42. The van der Waals surface area contributed by atoms with Crippen LogP contribution in [0.25, 0.3) is 0 Å². The van der Waals surface area contributed by atoms with Crippen molar-refractivity contribution in [1.29, 1.82) is 0 Å². The van der Waals surface area contributed by atoms with Crippen LogP contribution in [0.5, 0.6) is 0 Å². The minimum Gasteiger partial charge on any atom is -0.467 e. The van der Waals surface area contributed by atoms with E-state index < -0.39 is 0 Å². The second-order valence-electron chi connectivity index (χ2n) is 5.23. The van der Waals surface area contributed by atoms with Crippen LogP contribution in [0.15, 0.2) is 41.0 Å². The van der Waals surface area contributed by atoms with Crippen LogP contribution in [0, 0.1) is 13.8 Å². The smallest absolute Gasteiger partial charge is 0.239 e. The summed E-state index contributed by atoms with van der Waals surface area (Å²) in [6.45, 7) is 4.32. The molecule has 5 nitrogen and oxygen atoms in total. The summed E-state index contributed by atoms with van der Waals surface area (Å²) in [6.07, 6.45) is 1.82. The van der Waals surface area contributed by atoms with Crippen LogP contribution in [0.4, 0.5) is 0 Å². The van der Waals surface area contributed by atoms with Crippen LogP contribution < -0.4 is 10.6 Å². The highest BCUT2D eigenvalue weighted by molar-refractivity contribution is 5.85. The molecule has 2 amide bonds. The van der Waals surface area contributed by atoms with E-state index in [2.05, 4.69) is 10.6 Å². The molecule has 0 fully saturated rings. The first-order valence-electron chi connectivity index (χ1n) is 7.16. The standard InChI is InChI=1S/C17H20N2O3/c1-12-5-6-14(8-13(12)2)9-16(20)19-11-17(21)18-10-15-4-3-7-22-15/h3-8H,9-11H2,1-2H3,(H,18,21)(H,19,20). The second-order valence-corrected chi connectivity index (χ2v) is 5.23. The first-order chi connectivity index (χ1) is 10.5. The van der Waals surface area contributed by atoms with Gasteiger partial charge in [0.25, 0.3) is 0 Å². The lowest BCUT2D eigenvalue weighted by Crippen LogP contribution is -2.37. The Bertz CT molecular complexity index is 648. The fraction of sp³-hybridized carbons (Fsp3) is 0.294. The first kappa shape index (κ1) is 15.8. The van der Waals surface area contributed by atoms with Gasteiger partial charge in [0.1, 0.15) is 5.76 Å². The highest BCUT2D eigenvalue weighted by Crippen LogP contribution is 2.10. The number of carbonyl (C=O) groups is 2. The number of aryl methyl sites for hydroxylation is 2. The normalized spacial score (nSPS) is 10.3. The molecule has 1 heterocycles. The zero-order valence-corrected chi connectivity index (χ0v) is 12.8. The van der Waals surface area contributed by atoms with Gasteiger partial charge in [-0.3, -0.25) is 9.59 Å². The van der Waals surface area contributed by atoms with Crippen molar-refractivity contribution in [2.45, 2.75) is 26.8 Å². The molecule has 0 bridgehead atoms. The number of carbonyl (C=O) groups excluding carboxylic acids is 2. The second kappa shape index (κ2) is 7.45. The largest absolute Gasteiger partial charge is 0.467 e. The van der Waals surface area contributed by atoms with Crippen molar-refractivity contribution in [3.63, 3.8) is 0 Å². The minimum absolute atomic E-state index is 0.0373. The third-order valence-electron chi connectivity index (χ3n) is 3.42. The fourth-order valence-electron chi connectivity index (χ4n) is 2.00. The topological polar surface area (TPSA) is 71.3 Å². The SMILES string of the molecule is Cc1ccc(CC(=O)NCC(=O)NCc2ccco2)cc1C. The highest BCUT2D eigenvalue weighted by atomic mass is 16.3. The number of amides is 2. The molecule has 0 atom stereocenters. The Kier molecular flexibility index (Phi) is 5.36. The molecule has 0 saturated heterocycles. The molecule has 0 spiro atoms. The van der Waals surface area contributed by atoms with E-state index in [1.807, 2.05) is 32.0 Å². The number of nitrogens with one attached hydrogen (secondary N) is 2. The lowest BCUT2D eigenvalue weighted by atomic mass is 10.0. The summed E-state index contributed by atoms with van der Waals surface area (Å²) >= 11 is 0. The van der Waals surface area contributed by atoms with Crippen LogP contribution >= 0.6 is 0 Å². The Morgan fingerprint density at radius 1 is 1.05 bits per heavy atom. The predicted octanol–water partition coefficient (Wildman–Crippen LogP) is 1.87. The van der Waals surface area contributed by atoms with E-state index in [4.69, 9.17) is 4.42 Å². The number of hydrogen-bond acceptors (Lipinski definition) is 3. The maximum atomic E-state index is 11.8. The molecule has 0 aliphatic heterocycles. The molecule has 1 aromatic heterocycles. The molecule has 2 aromatic rings. The van der Waals surface area contributed by atoms with E-state index in [1.165, 1.54) is 5.56 Å². The van der Waals surface area contributed by atoms with Gasteiger partial charge in [0, 0.05) is 0 Å². The van der Waals surface area contributed by atoms with Crippen LogP contribution in [0.3, 0.4) is 0 Å². The Labute approximate surface area is 129 Å². The molecule has 1 aromatic carbocycles. The third kappa shape index (κ3) is 4.77. The zero-order chi connectivity index (χ0) is 15.9. The lowest BCUT2D eigenvalue weighted by molar-refractivity contribution is -0.125. The van der Waals surface area contributed by atoms with Crippen molar-refractivity contribution in [3.8, 4) is 0 Å². The highest BCUT2D eigenvalue weighted by Gasteiger charge is 2.07. The van der Waals surface area contributed by atoms with Gasteiger partial charge in [-0.05, 0) is 42.7 Å². The maximum Gasteiger partial charge on any atom is 0.239 e. The van der Waals surface area contributed by atoms with Gasteiger partial charge in [-0.15, -0.1) is 0 Å². The Morgan fingerprint density at radius 2 is 1.86 bits per heavy atom. The quantitative estimate of drug-likeness (QED) is 0.855. The van der Waals surface area contributed by atoms with Crippen molar-refractivity contribution in [2.75, 3.05) is 6.54 Å². The van der Waals surface area contributed by atoms with Gasteiger partial charge in [-0.1, -0.05) is 18.2 Å². The van der Waals surface area contributed by atoms with Gasteiger partial charge < -0.3 is 15.1 Å². The average Bonchev–Trinajstić information content (AvgIpc) is 3.00. The van der Waals surface area contributed by atoms with E-state index >= 15 is 0 Å². The molecule has 0 radical (unpaired) electrons. The van der Waals surface area contributed by atoms with Gasteiger partial charge in [0.15, 0.2) is 0 Å². The van der Waals surface area contributed by atoms with Crippen LogP contribution in [-0.4, -0.2) is 18.4 Å². The predicted molar refractivity (Wildman–Crippen MR) is 83.2 cm³/mol. The van der Waals surface area contributed by atoms with E-state index in [0.717, 1.165) is 11.1 Å². The van der Waals surface area contributed by atoms with Crippen molar-refractivity contribution < 1.29 is 14.0 Å². The number of furan rings is 1. The Morgan fingerprint density at radius 3 is 2.55 bits per heavy atom. The summed E-state index contributed by atoms with van der Waals surface area (Å²) in [5.41, 5.74) is 3.29. The summed E-state index contributed by atoms with van der Waals surface area (Å²) in [5.74, 6) is 0.260. The summed E-state index contributed by atoms with van der Waals surface area (Å²) in [4.78, 5) is 23.5. The summed E-state index contributed by atoms with van der Waals surface area (Å²) in [7, 11) is 0. The van der Waals surface area contributed by atoms with Gasteiger partial charge in [-0.25, -0.2) is 0 Å². The zero-order valence-electron chi connectivity index (χ0n) is 12.8. The van der Waals surface area contributed by atoms with Gasteiger partial charge in [-0.2, -0.15) is 0 Å². The van der Waals surface area contributed by atoms with Crippen molar-refractivity contribution in [2.24, 2.45) is 0 Å². The molecular formula is C17H20N2O3. The molecule has 5 heteroatoms. The molecule has 22 heavy (non-hydrogen) atoms. The van der Waals surface area contributed by atoms with Crippen LogP contribution in [0.1, 0.15) is 22.5 Å². The minimum atomic E-state index is -0.246. The lowest BCUT2D eigenvalue weighted by Gasteiger charge is -2.07. The van der Waals surface area contributed by atoms with E-state index in [1.54, 1.807) is 18.4 Å². The molecule has 0 aliphatic carbocycles. The van der Waals surface area contributed by atoms with Crippen LogP contribution in [-0.2, 0) is 22.6 Å². The molecule has 0 aliphatic rings. The fourth-order valence-corrected chi connectivity index (χ4v) is 2.00. The number of hydrogen-bond donors (Lipinski definition) is 2. The van der Waals surface area contributed by atoms with Crippen molar-refractivity contribution in [1.82, 2.24) is 10.6 Å². The van der Waals surface area contributed by atoms with E-state index in [0.29, 0.717) is 12.3 Å². The van der Waals surface area contributed by atoms with E-state index in [9.17, 15) is 9.59 Å². The summed E-state index contributed by atoms with van der Waals surface area (Å²) in [6, 6.07) is 9.45. The monoisotopic (exact) mass is 300 g/mol. The molecule has 2 rings (SSSR count). The van der Waals surface area contributed by atoms with Crippen molar-refractivity contribution >= 4 is 11.8 Å². The Balaban J connectivity index is 1.72. The molecule has 0 saturated carbocycles. The van der Waals surface area contributed by atoms with Crippen molar-refractivity contribution in [3.05, 3.63) is 59.0 Å². The molecule has 2 N–H and O–H groups in total. The summed E-state index contributed by atoms with van der Waals surface area (Å²) in [5, 5.41) is 5.29. The number of benzene rings is 1. The van der Waals surface area contributed by atoms with E-state index in [-0.39, 0.29) is 24.8 Å². The Hall–Kier alpha value is -2.56. The number of rotatable bonds is 6. The van der Waals surface area contributed by atoms with Gasteiger partial charge in [0.2, 0.25) is 11.8 Å². The van der Waals surface area contributed by atoms with Crippen LogP contribution in [0.2, 0.25) is 0 Å². The molecular weight excluding hydrogens is 280 g/mol. The van der Waals surface area contributed by atoms with Gasteiger partial charge >= 0.3 is 0 Å². The summed E-state index contributed by atoms with van der Waals surface area (Å²) < 4.78 is 5.11. The average molecular weight is 300 g/mol. The maximum absolute atomic E-state index is 11.8. The molecule has 0 unspecified atom stereocenters. The van der Waals surface area contributed by atoms with Gasteiger partial charge in [0.05, 0.1) is 25.8 Å². The molecule has 116 valence electrons. The first-order valence-corrected chi connectivity index (χ1v) is 7.16.